The third-order valence-electron chi connectivity index (χ3n) is 6.53. The summed E-state index contributed by atoms with van der Waals surface area (Å²) in [6.07, 6.45) is 5.53. The summed E-state index contributed by atoms with van der Waals surface area (Å²) < 4.78 is 26.6. The second-order valence-corrected chi connectivity index (χ2v) is 10.5. The summed E-state index contributed by atoms with van der Waals surface area (Å²) in [5.74, 6) is 0.0190. The van der Waals surface area contributed by atoms with Crippen LogP contribution in [0.1, 0.15) is 51.5 Å². The number of nitrogens with zero attached hydrogens (tertiary/aromatic N) is 1. The molecule has 1 aromatic carbocycles. The third-order valence-corrected chi connectivity index (χ3v) is 8.82. The molecule has 1 fully saturated rings. The number of sulfone groups is 1. The van der Waals surface area contributed by atoms with Gasteiger partial charge in [-0.15, -0.1) is 0 Å². The Morgan fingerprint density at radius 2 is 1.96 bits per heavy atom. The molecule has 0 aliphatic heterocycles. The van der Waals surface area contributed by atoms with Crippen molar-refractivity contribution >= 4 is 9.84 Å². The highest BCUT2D eigenvalue weighted by Crippen LogP contribution is 2.52. The summed E-state index contributed by atoms with van der Waals surface area (Å²) in [5, 5.41) is 10.5. The summed E-state index contributed by atoms with van der Waals surface area (Å²) in [6, 6.07) is 6.68. The lowest BCUT2D eigenvalue weighted by Gasteiger charge is -2.47. The van der Waals surface area contributed by atoms with Crippen molar-refractivity contribution < 1.29 is 13.5 Å². The van der Waals surface area contributed by atoms with Gasteiger partial charge in [0.15, 0.2) is 0 Å². The van der Waals surface area contributed by atoms with Crippen LogP contribution in [0, 0.1) is 24.8 Å². The molecule has 0 saturated heterocycles. The second-order valence-electron chi connectivity index (χ2n) is 8.27. The van der Waals surface area contributed by atoms with Crippen LogP contribution in [0.15, 0.2) is 40.8 Å². The minimum atomic E-state index is -3.85. The standard InChI is InChI=1S/C21H27NO3S/c1-15-7-9-17(10-8-15)26(24,25)21(3,22-4)16-11-13-20(2)12-5-6-19(23)18(20)14-16/h7-11,18-19,23H,5-6,12-14H2,1-3H3/t18-,19-,20+,21?/m1/s1. The molecule has 140 valence electrons. The van der Waals surface area contributed by atoms with E-state index in [9.17, 15) is 13.5 Å². The van der Waals surface area contributed by atoms with E-state index in [4.69, 9.17) is 6.57 Å². The van der Waals surface area contributed by atoms with Gasteiger partial charge in [0, 0.05) is 12.5 Å². The van der Waals surface area contributed by atoms with Gasteiger partial charge in [-0.1, -0.05) is 37.1 Å². The average Bonchev–Trinajstić information content (AvgIpc) is 2.61. The van der Waals surface area contributed by atoms with Crippen molar-refractivity contribution in [3.05, 3.63) is 52.9 Å². The SMILES string of the molecule is [C-]#[N+]C(C)(C1=CC[C@]2(C)CCC[C@@H](O)[C@H]2C1)S(=O)(=O)c1ccc(C)cc1. The van der Waals surface area contributed by atoms with Crippen molar-refractivity contribution in [2.24, 2.45) is 11.3 Å². The average molecular weight is 374 g/mol. The van der Waals surface area contributed by atoms with E-state index in [1.54, 1.807) is 24.3 Å². The van der Waals surface area contributed by atoms with Crippen LogP contribution in [-0.2, 0) is 9.84 Å². The van der Waals surface area contributed by atoms with Crippen molar-refractivity contribution in [1.82, 2.24) is 0 Å². The molecule has 0 spiro atoms. The molecule has 0 radical (unpaired) electrons. The molecule has 1 aromatic rings. The lowest BCUT2D eigenvalue weighted by atomic mass is 9.59. The predicted octanol–water partition coefficient (Wildman–Crippen LogP) is 4.29. The number of rotatable bonds is 3. The van der Waals surface area contributed by atoms with Crippen LogP contribution in [0.25, 0.3) is 4.85 Å². The first-order valence-corrected chi connectivity index (χ1v) is 10.7. The monoisotopic (exact) mass is 373 g/mol. The van der Waals surface area contributed by atoms with Gasteiger partial charge in [0.1, 0.15) is 0 Å². The van der Waals surface area contributed by atoms with Crippen LogP contribution in [0.3, 0.4) is 0 Å². The highest BCUT2D eigenvalue weighted by atomic mass is 32.2. The van der Waals surface area contributed by atoms with Gasteiger partial charge in [0.25, 0.3) is 9.84 Å². The normalized spacial score (nSPS) is 31.3. The van der Waals surface area contributed by atoms with E-state index in [0.717, 1.165) is 31.2 Å². The summed E-state index contributed by atoms with van der Waals surface area (Å²) in [4.78, 5) is 2.17. The van der Waals surface area contributed by atoms with Crippen molar-refractivity contribution in [3.8, 4) is 0 Å². The number of fused-ring (bicyclic) bond motifs is 1. The van der Waals surface area contributed by atoms with Crippen LogP contribution >= 0.6 is 0 Å². The van der Waals surface area contributed by atoms with E-state index >= 15 is 0 Å². The van der Waals surface area contributed by atoms with Gasteiger partial charge >= 0.3 is 4.87 Å². The molecule has 0 bridgehead atoms. The van der Waals surface area contributed by atoms with Gasteiger partial charge in [-0.2, -0.15) is 0 Å². The fourth-order valence-corrected chi connectivity index (χ4v) is 6.09. The Kier molecular flexibility index (Phi) is 4.79. The zero-order valence-electron chi connectivity index (χ0n) is 15.7. The quantitative estimate of drug-likeness (QED) is 0.635. The number of aryl methyl sites for hydroxylation is 1. The number of aliphatic hydroxyl groups excluding tert-OH is 1. The Balaban J connectivity index is 2.02. The van der Waals surface area contributed by atoms with Crippen molar-refractivity contribution in [3.63, 3.8) is 0 Å². The van der Waals surface area contributed by atoms with E-state index in [2.05, 4.69) is 11.8 Å². The van der Waals surface area contributed by atoms with E-state index in [0.29, 0.717) is 12.0 Å². The summed E-state index contributed by atoms with van der Waals surface area (Å²) in [6.45, 7) is 13.3. The molecule has 0 amide bonds. The highest BCUT2D eigenvalue weighted by molar-refractivity contribution is 7.93. The van der Waals surface area contributed by atoms with Crippen LogP contribution in [0.4, 0.5) is 0 Å². The summed E-state index contributed by atoms with van der Waals surface area (Å²) >= 11 is 0. The number of hydrogen-bond donors (Lipinski definition) is 1. The maximum Gasteiger partial charge on any atom is 0.351 e. The molecule has 2 aliphatic carbocycles. The van der Waals surface area contributed by atoms with Crippen LogP contribution in [0.2, 0.25) is 0 Å². The second kappa shape index (κ2) is 6.51. The van der Waals surface area contributed by atoms with Gasteiger partial charge in [0.05, 0.1) is 11.0 Å². The number of allylic oxidation sites excluding steroid dienone is 1. The first-order chi connectivity index (χ1) is 12.1. The van der Waals surface area contributed by atoms with Crippen molar-refractivity contribution in [2.75, 3.05) is 0 Å². The Morgan fingerprint density at radius 1 is 1.31 bits per heavy atom. The number of hydrogen-bond acceptors (Lipinski definition) is 3. The topological polar surface area (TPSA) is 58.7 Å². The van der Waals surface area contributed by atoms with E-state index in [1.807, 2.05) is 13.0 Å². The van der Waals surface area contributed by atoms with Gasteiger partial charge in [0.2, 0.25) is 0 Å². The van der Waals surface area contributed by atoms with E-state index in [1.165, 1.54) is 6.92 Å². The van der Waals surface area contributed by atoms with Crippen molar-refractivity contribution in [1.29, 1.82) is 0 Å². The van der Waals surface area contributed by atoms with E-state index < -0.39 is 20.8 Å². The lowest BCUT2D eigenvalue weighted by molar-refractivity contribution is -0.0220. The molecule has 2 aliphatic rings. The zero-order chi connectivity index (χ0) is 19.2. The molecule has 1 unspecified atom stereocenters. The van der Waals surface area contributed by atoms with Crippen LogP contribution in [0.5, 0.6) is 0 Å². The third kappa shape index (κ3) is 2.90. The fraction of sp³-hybridized carbons (Fsp3) is 0.571. The Labute approximate surface area is 156 Å². The predicted molar refractivity (Wildman–Crippen MR) is 102 cm³/mol. The Bertz CT molecular complexity index is 866. The largest absolute Gasteiger partial charge is 0.393 e. The molecule has 26 heavy (non-hydrogen) atoms. The maximum absolute atomic E-state index is 13.3. The molecule has 3 rings (SSSR count). The molecule has 1 N–H and O–H groups in total. The lowest BCUT2D eigenvalue weighted by Crippen LogP contribution is -2.45. The maximum atomic E-state index is 13.3. The molecule has 5 heteroatoms. The summed E-state index contributed by atoms with van der Waals surface area (Å²) in [5.41, 5.74) is 1.61. The number of aliphatic hydroxyl groups is 1. The van der Waals surface area contributed by atoms with Gasteiger partial charge in [-0.05, 0) is 56.1 Å². The number of benzene rings is 1. The smallest absolute Gasteiger partial charge is 0.351 e. The molecule has 4 atom stereocenters. The Morgan fingerprint density at radius 3 is 2.58 bits per heavy atom. The Hall–Kier alpha value is -1.64. The van der Waals surface area contributed by atoms with Crippen molar-refractivity contribution in [2.45, 2.75) is 68.7 Å². The van der Waals surface area contributed by atoms with Crippen LogP contribution in [-0.4, -0.2) is 24.5 Å². The molecule has 0 heterocycles. The minimum absolute atomic E-state index is 0.00226. The van der Waals surface area contributed by atoms with Gasteiger partial charge in [-0.3, -0.25) is 4.85 Å². The molecular formula is C21H27NO3S. The van der Waals surface area contributed by atoms with Gasteiger partial charge < -0.3 is 5.11 Å². The fourth-order valence-electron chi connectivity index (χ4n) is 4.51. The van der Waals surface area contributed by atoms with Crippen LogP contribution < -0.4 is 0 Å². The highest BCUT2D eigenvalue weighted by Gasteiger charge is 2.54. The first-order valence-electron chi connectivity index (χ1n) is 9.21. The van der Waals surface area contributed by atoms with Gasteiger partial charge in [-0.25, -0.2) is 15.0 Å². The zero-order valence-corrected chi connectivity index (χ0v) is 16.5. The minimum Gasteiger partial charge on any atom is -0.393 e. The molecule has 1 saturated carbocycles. The first kappa shape index (κ1) is 19.1. The summed E-state index contributed by atoms with van der Waals surface area (Å²) in [7, 11) is -3.85. The molecule has 4 nitrogen and oxygen atoms in total. The molecule has 0 aromatic heterocycles. The molecular weight excluding hydrogens is 346 g/mol. The van der Waals surface area contributed by atoms with E-state index in [-0.39, 0.29) is 16.2 Å².